The van der Waals surface area contributed by atoms with E-state index < -0.39 is 17.8 Å². The normalized spacial score (nSPS) is 10.8. The molecule has 0 saturated heterocycles. The molecule has 9 nitrogen and oxygen atoms in total. The van der Waals surface area contributed by atoms with Crippen LogP contribution in [0.1, 0.15) is 26.3 Å². The maximum Gasteiger partial charge on any atom is 0.335 e. The number of methoxy groups -OCH3 is 1. The van der Waals surface area contributed by atoms with Crippen LogP contribution in [0.3, 0.4) is 0 Å². The molecule has 212 valence electrons. The number of thioether (sulfide) groups is 1. The molecule has 4 N–H and O–H groups in total. The average Bonchev–Trinajstić information content (AvgIpc) is 3.01. The lowest BCUT2D eigenvalue weighted by molar-refractivity contribution is -0.114. The maximum absolute atomic E-state index is 13.3. The number of ether oxygens (including phenoxy) is 1. The van der Waals surface area contributed by atoms with E-state index in [1.807, 2.05) is 0 Å². The minimum atomic E-state index is -1.08. The van der Waals surface area contributed by atoms with Crippen LogP contribution in [-0.4, -0.2) is 41.7 Å². The highest BCUT2D eigenvalue weighted by Gasteiger charge is 2.16. The summed E-state index contributed by atoms with van der Waals surface area (Å²) in [5.41, 5.74) is 2.00. The van der Waals surface area contributed by atoms with Crippen LogP contribution in [0.25, 0.3) is 6.08 Å². The van der Waals surface area contributed by atoms with E-state index in [2.05, 4.69) is 16.0 Å². The van der Waals surface area contributed by atoms with Crippen LogP contribution >= 0.6 is 11.8 Å². The van der Waals surface area contributed by atoms with Gasteiger partial charge in [-0.1, -0.05) is 42.5 Å². The van der Waals surface area contributed by atoms with Gasteiger partial charge in [0.15, 0.2) is 0 Å². The number of benzene rings is 4. The molecular formula is C32H27N3O6S. The number of para-hydroxylation sites is 1. The first-order valence-corrected chi connectivity index (χ1v) is 13.7. The molecule has 4 aromatic rings. The molecular weight excluding hydrogens is 554 g/mol. The van der Waals surface area contributed by atoms with Crippen LogP contribution in [0.15, 0.2) is 114 Å². The molecule has 4 rings (SSSR count). The van der Waals surface area contributed by atoms with E-state index in [-0.39, 0.29) is 22.9 Å². The number of hydrogen-bond donors (Lipinski definition) is 4. The van der Waals surface area contributed by atoms with Gasteiger partial charge in [-0.2, -0.15) is 0 Å². The van der Waals surface area contributed by atoms with Crippen molar-refractivity contribution in [2.24, 2.45) is 0 Å². The van der Waals surface area contributed by atoms with Crippen LogP contribution in [0.2, 0.25) is 0 Å². The summed E-state index contributed by atoms with van der Waals surface area (Å²) in [6.45, 7) is 0. The summed E-state index contributed by atoms with van der Waals surface area (Å²) >= 11 is 1.28. The Morgan fingerprint density at radius 3 is 2.19 bits per heavy atom. The average molecular weight is 582 g/mol. The van der Waals surface area contributed by atoms with E-state index in [9.17, 15) is 19.2 Å². The topological polar surface area (TPSA) is 134 Å². The maximum atomic E-state index is 13.3. The summed E-state index contributed by atoms with van der Waals surface area (Å²) in [4.78, 5) is 50.4. The zero-order valence-electron chi connectivity index (χ0n) is 22.5. The van der Waals surface area contributed by atoms with Gasteiger partial charge in [0.05, 0.1) is 18.4 Å². The van der Waals surface area contributed by atoms with Gasteiger partial charge >= 0.3 is 5.97 Å². The van der Waals surface area contributed by atoms with Crippen molar-refractivity contribution in [2.75, 3.05) is 23.5 Å². The Morgan fingerprint density at radius 1 is 0.786 bits per heavy atom. The highest BCUT2D eigenvalue weighted by Crippen LogP contribution is 2.23. The standard InChI is InChI=1S/C32H27N3O6S/c1-41-28-13-6-5-10-22(28)19-27(35-30(37)21-8-3-2-4-9-21)31(38)34-24-14-16-26(17-15-24)42-20-29(36)33-25-12-7-11-23(18-25)32(39)40/h2-19H,20H2,1H3,(H,33,36)(H,34,38)(H,35,37)(H,39,40)/b27-19-. The minimum Gasteiger partial charge on any atom is -0.496 e. The highest BCUT2D eigenvalue weighted by atomic mass is 32.2. The van der Waals surface area contributed by atoms with Crippen molar-refractivity contribution >= 4 is 52.9 Å². The molecule has 3 amide bonds. The molecule has 0 bridgehead atoms. The van der Waals surface area contributed by atoms with Crippen molar-refractivity contribution < 1.29 is 29.0 Å². The molecule has 0 atom stereocenters. The number of anilines is 2. The third kappa shape index (κ3) is 8.33. The molecule has 0 saturated carbocycles. The van der Waals surface area contributed by atoms with Gasteiger partial charge in [0.2, 0.25) is 5.91 Å². The summed E-state index contributed by atoms with van der Waals surface area (Å²) < 4.78 is 5.39. The predicted octanol–water partition coefficient (Wildman–Crippen LogP) is 5.53. The van der Waals surface area contributed by atoms with Crippen molar-refractivity contribution in [3.05, 3.63) is 126 Å². The zero-order chi connectivity index (χ0) is 29.9. The monoisotopic (exact) mass is 581 g/mol. The van der Waals surface area contributed by atoms with Gasteiger partial charge < -0.3 is 25.8 Å². The van der Waals surface area contributed by atoms with Gasteiger partial charge in [-0.25, -0.2) is 4.79 Å². The first-order valence-electron chi connectivity index (χ1n) is 12.7. The second-order valence-corrected chi connectivity index (χ2v) is 9.87. The number of nitrogens with one attached hydrogen (secondary N) is 3. The SMILES string of the molecule is COc1ccccc1/C=C(\NC(=O)c1ccccc1)C(=O)Nc1ccc(SCC(=O)Nc2cccc(C(=O)O)c2)cc1. The van der Waals surface area contributed by atoms with Gasteiger partial charge in [0.25, 0.3) is 11.8 Å². The Morgan fingerprint density at radius 2 is 1.48 bits per heavy atom. The molecule has 42 heavy (non-hydrogen) atoms. The largest absolute Gasteiger partial charge is 0.496 e. The summed E-state index contributed by atoms with van der Waals surface area (Å²) in [7, 11) is 1.52. The second kappa shape index (κ2) is 14.3. The highest BCUT2D eigenvalue weighted by molar-refractivity contribution is 8.00. The number of carbonyl (C=O) groups is 4. The lowest BCUT2D eigenvalue weighted by atomic mass is 10.1. The Balaban J connectivity index is 1.41. The summed E-state index contributed by atoms with van der Waals surface area (Å²) in [6, 6.07) is 28.6. The molecule has 4 aromatic carbocycles. The van der Waals surface area contributed by atoms with Crippen LogP contribution in [0.5, 0.6) is 5.75 Å². The second-order valence-electron chi connectivity index (χ2n) is 8.82. The lowest BCUT2D eigenvalue weighted by Gasteiger charge is -2.13. The number of carbonyl (C=O) groups excluding carboxylic acids is 3. The molecule has 0 heterocycles. The van der Waals surface area contributed by atoms with Crippen molar-refractivity contribution in [3.63, 3.8) is 0 Å². The van der Waals surface area contributed by atoms with Crippen molar-refractivity contribution in [1.29, 1.82) is 0 Å². The summed E-state index contributed by atoms with van der Waals surface area (Å²) in [5.74, 6) is -1.70. The number of carboxylic acids is 1. The fraction of sp³-hybridized carbons (Fsp3) is 0.0625. The van der Waals surface area contributed by atoms with Crippen LogP contribution in [0.4, 0.5) is 11.4 Å². The number of aromatic carboxylic acids is 1. The third-order valence-corrected chi connectivity index (χ3v) is 6.85. The number of amides is 3. The molecule has 10 heteroatoms. The number of hydrogen-bond acceptors (Lipinski definition) is 6. The van der Waals surface area contributed by atoms with E-state index in [1.165, 1.54) is 31.0 Å². The van der Waals surface area contributed by atoms with Gasteiger partial charge in [-0.15, -0.1) is 11.8 Å². The Labute approximate surface area is 246 Å². The van der Waals surface area contributed by atoms with Gasteiger partial charge in [0, 0.05) is 27.4 Å². The lowest BCUT2D eigenvalue weighted by Crippen LogP contribution is -2.30. The first-order chi connectivity index (χ1) is 20.3. The van der Waals surface area contributed by atoms with E-state index in [1.54, 1.807) is 97.1 Å². The number of carboxylic acid groups (broad SMARTS) is 1. The molecule has 0 aliphatic rings. The van der Waals surface area contributed by atoms with Crippen LogP contribution in [0, 0.1) is 0 Å². The molecule has 0 fully saturated rings. The third-order valence-electron chi connectivity index (χ3n) is 5.84. The van der Waals surface area contributed by atoms with E-state index >= 15 is 0 Å². The fourth-order valence-electron chi connectivity index (χ4n) is 3.79. The van der Waals surface area contributed by atoms with Gasteiger partial charge in [0.1, 0.15) is 11.4 Å². The minimum absolute atomic E-state index is 0.0236. The Bertz CT molecular complexity index is 1620. The van der Waals surface area contributed by atoms with Gasteiger partial charge in [-0.3, -0.25) is 14.4 Å². The van der Waals surface area contributed by atoms with Crippen LogP contribution in [-0.2, 0) is 9.59 Å². The Kier molecular flexibility index (Phi) is 10.1. The summed E-state index contributed by atoms with van der Waals surface area (Å²) in [6.07, 6.45) is 1.55. The molecule has 0 radical (unpaired) electrons. The molecule has 0 spiro atoms. The van der Waals surface area contributed by atoms with Crippen molar-refractivity contribution in [3.8, 4) is 5.75 Å². The van der Waals surface area contributed by atoms with E-state index in [0.29, 0.717) is 28.3 Å². The molecule has 0 aromatic heterocycles. The van der Waals surface area contributed by atoms with Crippen LogP contribution < -0.4 is 20.7 Å². The van der Waals surface area contributed by atoms with Crippen molar-refractivity contribution in [2.45, 2.75) is 4.90 Å². The zero-order valence-corrected chi connectivity index (χ0v) is 23.3. The molecule has 0 unspecified atom stereocenters. The Hall–Kier alpha value is -5.35. The summed E-state index contributed by atoms with van der Waals surface area (Å²) in [5, 5.41) is 17.3. The van der Waals surface area contributed by atoms with E-state index in [4.69, 9.17) is 9.84 Å². The van der Waals surface area contributed by atoms with Crippen molar-refractivity contribution in [1.82, 2.24) is 5.32 Å². The predicted molar refractivity (Wildman–Crippen MR) is 163 cm³/mol. The molecule has 0 aliphatic heterocycles. The van der Waals surface area contributed by atoms with Gasteiger partial charge in [-0.05, 0) is 66.7 Å². The van der Waals surface area contributed by atoms with E-state index in [0.717, 1.165) is 4.90 Å². The number of rotatable bonds is 11. The quantitative estimate of drug-likeness (QED) is 0.135. The smallest absolute Gasteiger partial charge is 0.335 e. The first kappa shape index (κ1) is 29.6. The fourth-order valence-corrected chi connectivity index (χ4v) is 4.49. The molecule has 0 aliphatic carbocycles.